The molecule has 1 aromatic heterocycles. The van der Waals surface area contributed by atoms with Gasteiger partial charge in [-0.1, -0.05) is 11.6 Å². The maximum atomic E-state index is 13.9. The van der Waals surface area contributed by atoms with Crippen molar-refractivity contribution in [2.75, 3.05) is 30.0 Å². The van der Waals surface area contributed by atoms with E-state index in [-0.39, 0.29) is 35.0 Å². The number of carbonyl (C=O) groups is 2. The molecule has 34 heavy (non-hydrogen) atoms. The Labute approximate surface area is 203 Å². The summed E-state index contributed by atoms with van der Waals surface area (Å²) < 4.78 is 31.5. The third kappa shape index (κ3) is 6.60. The molecule has 11 heteroatoms. The molecule has 8 nitrogen and oxygen atoms in total. The van der Waals surface area contributed by atoms with E-state index >= 15 is 0 Å². The Morgan fingerprint density at radius 2 is 1.85 bits per heavy atom. The van der Waals surface area contributed by atoms with Crippen LogP contribution in [0.15, 0.2) is 59.6 Å². The van der Waals surface area contributed by atoms with Crippen molar-refractivity contribution in [3.8, 4) is 5.75 Å². The smallest absolute Gasteiger partial charge is 0.259 e. The molecular weight excluding hydrogens is 483 g/mol. The number of nitrogens with one attached hydrogen (secondary N) is 2. The minimum atomic E-state index is -1.28. The van der Waals surface area contributed by atoms with Crippen LogP contribution in [0.3, 0.4) is 0 Å². The van der Waals surface area contributed by atoms with E-state index in [0.29, 0.717) is 22.9 Å². The van der Waals surface area contributed by atoms with Crippen LogP contribution in [0, 0.1) is 5.82 Å². The number of carbonyl (C=O) groups excluding carboxylic acids is 2. The SMILES string of the molecule is C[S@@](=O)c1ccc(C(=O)Nc2ccc(F)cc2C(=O)Nc2ccc(Cl)cn2)c(OCCCN)c1. The van der Waals surface area contributed by atoms with E-state index in [1.54, 1.807) is 6.07 Å². The van der Waals surface area contributed by atoms with E-state index in [9.17, 15) is 18.2 Å². The van der Waals surface area contributed by atoms with Gasteiger partial charge in [-0.3, -0.25) is 13.8 Å². The highest BCUT2D eigenvalue weighted by molar-refractivity contribution is 7.84. The van der Waals surface area contributed by atoms with Gasteiger partial charge in [0.1, 0.15) is 17.4 Å². The molecule has 3 rings (SSSR count). The Morgan fingerprint density at radius 3 is 2.53 bits per heavy atom. The lowest BCUT2D eigenvalue weighted by molar-refractivity contribution is 0.102. The van der Waals surface area contributed by atoms with Crippen LogP contribution in [0.2, 0.25) is 5.02 Å². The topological polar surface area (TPSA) is 123 Å². The van der Waals surface area contributed by atoms with Gasteiger partial charge in [-0.25, -0.2) is 9.37 Å². The first-order valence-corrected chi connectivity index (χ1v) is 12.1. The molecule has 2 amide bonds. The van der Waals surface area contributed by atoms with Crippen LogP contribution < -0.4 is 21.1 Å². The normalized spacial score (nSPS) is 11.5. The minimum absolute atomic E-state index is 0.0777. The Balaban J connectivity index is 1.87. The van der Waals surface area contributed by atoms with Gasteiger partial charge in [0.05, 0.1) is 28.4 Å². The molecule has 0 aliphatic carbocycles. The minimum Gasteiger partial charge on any atom is -0.493 e. The van der Waals surface area contributed by atoms with E-state index in [4.69, 9.17) is 22.1 Å². The van der Waals surface area contributed by atoms with Gasteiger partial charge in [-0.15, -0.1) is 0 Å². The molecule has 3 aromatic rings. The summed E-state index contributed by atoms with van der Waals surface area (Å²) >= 11 is 5.80. The average Bonchev–Trinajstić information content (AvgIpc) is 2.81. The van der Waals surface area contributed by atoms with Gasteiger partial charge in [0.15, 0.2) is 0 Å². The van der Waals surface area contributed by atoms with Crippen molar-refractivity contribution in [1.29, 1.82) is 0 Å². The van der Waals surface area contributed by atoms with Crippen LogP contribution in [0.1, 0.15) is 27.1 Å². The lowest BCUT2D eigenvalue weighted by Crippen LogP contribution is -2.20. The largest absolute Gasteiger partial charge is 0.493 e. The highest BCUT2D eigenvalue weighted by Crippen LogP contribution is 2.25. The summed E-state index contributed by atoms with van der Waals surface area (Å²) in [4.78, 5) is 30.3. The number of hydrogen-bond donors (Lipinski definition) is 3. The molecule has 4 N–H and O–H groups in total. The van der Waals surface area contributed by atoms with E-state index in [1.165, 1.54) is 42.8 Å². The molecule has 2 aromatic carbocycles. The number of rotatable bonds is 9. The summed E-state index contributed by atoms with van der Waals surface area (Å²) in [6, 6.07) is 11.0. The fourth-order valence-corrected chi connectivity index (χ4v) is 3.53. The van der Waals surface area contributed by atoms with E-state index in [1.807, 2.05) is 0 Å². The van der Waals surface area contributed by atoms with Crippen molar-refractivity contribution in [2.45, 2.75) is 11.3 Å². The monoisotopic (exact) mass is 504 g/mol. The molecular formula is C23H22ClFN4O4S. The molecule has 0 saturated carbocycles. The fraction of sp³-hybridized carbons (Fsp3) is 0.174. The molecule has 178 valence electrons. The first kappa shape index (κ1) is 25.3. The van der Waals surface area contributed by atoms with Crippen LogP contribution in [-0.4, -0.2) is 40.4 Å². The number of nitrogens with zero attached hydrogens (tertiary/aromatic N) is 1. The van der Waals surface area contributed by atoms with Gasteiger partial charge in [0, 0.05) is 28.1 Å². The molecule has 0 fully saturated rings. The van der Waals surface area contributed by atoms with Gasteiger partial charge in [0.25, 0.3) is 11.8 Å². The zero-order chi connectivity index (χ0) is 24.7. The predicted molar refractivity (Wildman–Crippen MR) is 129 cm³/mol. The van der Waals surface area contributed by atoms with E-state index in [2.05, 4.69) is 15.6 Å². The average molecular weight is 505 g/mol. The standard InChI is InChI=1S/C23H22ClFN4O4S/c1-34(32)16-5-6-17(20(12-16)33-10-2-9-26)22(30)28-19-7-4-15(25)11-18(19)23(31)29-21-8-3-14(24)13-27-21/h3-8,11-13H,2,9-10,26H2,1H3,(H,28,30)(H,27,29,31)/t34-/m1/s1. The summed E-state index contributed by atoms with van der Waals surface area (Å²) in [6.07, 6.45) is 3.42. The van der Waals surface area contributed by atoms with Crippen LogP contribution in [0.5, 0.6) is 5.75 Å². The maximum absolute atomic E-state index is 13.9. The Bertz CT molecular complexity index is 1220. The lowest BCUT2D eigenvalue weighted by Gasteiger charge is -2.15. The summed E-state index contributed by atoms with van der Waals surface area (Å²) in [5.41, 5.74) is 5.63. The number of aromatic nitrogens is 1. The predicted octanol–water partition coefficient (Wildman–Crippen LogP) is 3.84. The highest BCUT2D eigenvalue weighted by atomic mass is 35.5. The first-order valence-electron chi connectivity index (χ1n) is 10.1. The molecule has 1 heterocycles. The summed E-state index contributed by atoms with van der Waals surface area (Å²) in [5.74, 6) is -1.51. The Hall–Kier alpha value is -3.34. The van der Waals surface area contributed by atoms with Gasteiger partial charge >= 0.3 is 0 Å². The Kier molecular flexibility index (Phi) is 8.69. The number of halogens is 2. The zero-order valence-electron chi connectivity index (χ0n) is 18.1. The second kappa shape index (κ2) is 11.7. The highest BCUT2D eigenvalue weighted by Gasteiger charge is 2.19. The number of nitrogens with two attached hydrogens (primary N) is 1. The lowest BCUT2D eigenvalue weighted by atomic mass is 10.1. The van der Waals surface area contributed by atoms with Crippen molar-refractivity contribution in [3.05, 3.63) is 76.7 Å². The second-order valence-corrected chi connectivity index (χ2v) is 8.88. The molecule has 0 bridgehead atoms. The molecule has 0 aliphatic heterocycles. The summed E-state index contributed by atoms with van der Waals surface area (Å²) in [5, 5.41) is 5.54. The van der Waals surface area contributed by atoms with E-state index < -0.39 is 28.4 Å². The molecule has 0 aliphatic rings. The second-order valence-electron chi connectivity index (χ2n) is 7.06. The van der Waals surface area contributed by atoms with Gasteiger partial charge in [0.2, 0.25) is 0 Å². The van der Waals surface area contributed by atoms with Crippen molar-refractivity contribution in [2.24, 2.45) is 5.73 Å². The molecule has 0 spiro atoms. The summed E-state index contributed by atoms with van der Waals surface area (Å²) in [6.45, 7) is 0.659. The van der Waals surface area contributed by atoms with Crippen LogP contribution in [0.4, 0.5) is 15.9 Å². The van der Waals surface area contributed by atoms with Crippen LogP contribution in [-0.2, 0) is 10.8 Å². The third-order valence-electron chi connectivity index (χ3n) is 4.58. The number of benzene rings is 2. The van der Waals surface area contributed by atoms with Crippen LogP contribution >= 0.6 is 11.6 Å². The van der Waals surface area contributed by atoms with Crippen LogP contribution in [0.25, 0.3) is 0 Å². The number of hydrogen-bond acceptors (Lipinski definition) is 6. The quantitative estimate of drug-likeness (QED) is 0.380. The molecule has 0 saturated heterocycles. The zero-order valence-corrected chi connectivity index (χ0v) is 19.7. The number of pyridine rings is 1. The first-order chi connectivity index (χ1) is 16.3. The maximum Gasteiger partial charge on any atom is 0.259 e. The molecule has 0 radical (unpaired) electrons. The van der Waals surface area contributed by atoms with Crippen molar-refractivity contribution >= 4 is 45.7 Å². The molecule has 0 unspecified atom stereocenters. The Morgan fingerprint density at radius 1 is 1.09 bits per heavy atom. The van der Waals surface area contributed by atoms with Crippen molar-refractivity contribution in [3.63, 3.8) is 0 Å². The van der Waals surface area contributed by atoms with E-state index in [0.717, 1.165) is 12.1 Å². The number of anilines is 2. The van der Waals surface area contributed by atoms with Crippen molar-refractivity contribution in [1.82, 2.24) is 4.98 Å². The third-order valence-corrected chi connectivity index (χ3v) is 5.72. The summed E-state index contributed by atoms with van der Waals surface area (Å²) in [7, 11) is -1.28. The molecule has 1 atom stereocenters. The van der Waals surface area contributed by atoms with Gasteiger partial charge in [-0.2, -0.15) is 0 Å². The van der Waals surface area contributed by atoms with Gasteiger partial charge in [-0.05, 0) is 61.5 Å². The van der Waals surface area contributed by atoms with Crippen molar-refractivity contribution < 1.29 is 22.9 Å². The number of ether oxygens (including phenoxy) is 1. The fourth-order valence-electron chi connectivity index (χ4n) is 2.89. The number of amides is 2. The van der Waals surface area contributed by atoms with Gasteiger partial charge < -0.3 is 21.1 Å².